The van der Waals surface area contributed by atoms with Crippen molar-refractivity contribution < 1.29 is 9.53 Å². The van der Waals surface area contributed by atoms with Gasteiger partial charge in [-0.3, -0.25) is 4.79 Å². The van der Waals surface area contributed by atoms with Crippen LogP contribution in [0, 0.1) is 0 Å². The predicted molar refractivity (Wildman–Crippen MR) is 94.4 cm³/mol. The molecule has 6 nitrogen and oxygen atoms in total. The molecule has 1 saturated heterocycles. The number of benzene rings is 2. The maximum atomic E-state index is 13.0. The smallest absolute Gasteiger partial charge is 0.410 e. The first-order chi connectivity index (χ1) is 12.2. The zero-order valence-corrected chi connectivity index (χ0v) is 13.6. The number of carbonyl (C=O) groups excluding carboxylic acids is 1. The second-order valence-corrected chi connectivity index (χ2v) is 5.87. The van der Waals surface area contributed by atoms with Crippen LogP contribution in [-0.4, -0.2) is 40.2 Å². The second-order valence-electron chi connectivity index (χ2n) is 5.87. The molecule has 4 rings (SSSR count). The van der Waals surface area contributed by atoms with Crippen molar-refractivity contribution in [3.8, 4) is 11.3 Å². The highest BCUT2D eigenvalue weighted by atomic mass is 16.6. The maximum Gasteiger partial charge on any atom is 0.410 e. The first-order valence-electron chi connectivity index (χ1n) is 8.21. The molecule has 1 amide bonds. The lowest BCUT2D eigenvalue weighted by atomic mass is 10.1. The Kier molecular flexibility index (Phi) is 3.93. The van der Waals surface area contributed by atoms with Crippen molar-refractivity contribution in [2.45, 2.75) is 6.54 Å². The summed E-state index contributed by atoms with van der Waals surface area (Å²) >= 11 is 0. The van der Waals surface area contributed by atoms with E-state index >= 15 is 0 Å². The zero-order chi connectivity index (χ0) is 17.2. The van der Waals surface area contributed by atoms with Crippen molar-refractivity contribution in [3.05, 3.63) is 65.0 Å². The molecule has 1 fully saturated rings. The second kappa shape index (κ2) is 6.39. The first kappa shape index (κ1) is 15.4. The van der Waals surface area contributed by atoms with Crippen LogP contribution in [0.3, 0.4) is 0 Å². The van der Waals surface area contributed by atoms with Gasteiger partial charge in [0, 0.05) is 18.7 Å². The van der Waals surface area contributed by atoms with E-state index in [9.17, 15) is 9.59 Å². The molecular weight excluding hydrogens is 318 g/mol. The molecule has 3 aromatic rings. The van der Waals surface area contributed by atoms with Crippen LogP contribution in [0.1, 0.15) is 0 Å². The molecule has 6 heteroatoms. The monoisotopic (exact) mass is 335 g/mol. The van der Waals surface area contributed by atoms with E-state index in [1.54, 1.807) is 9.47 Å². The number of carbonyl (C=O) groups is 1. The van der Waals surface area contributed by atoms with Crippen molar-refractivity contribution in [1.29, 1.82) is 0 Å². The third kappa shape index (κ3) is 2.87. The Bertz CT molecular complexity index is 982. The van der Waals surface area contributed by atoms with E-state index in [2.05, 4.69) is 4.98 Å². The Morgan fingerprint density at radius 1 is 0.960 bits per heavy atom. The largest absolute Gasteiger partial charge is 0.448 e. The number of amides is 1. The number of aromatic nitrogens is 2. The fraction of sp³-hybridized carbons (Fsp3) is 0.211. The molecule has 0 N–H and O–H groups in total. The van der Waals surface area contributed by atoms with Gasteiger partial charge in [0.15, 0.2) is 0 Å². The highest BCUT2D eigenvalue weighted by Gasteiger charge is 2.22. The summed E-state index contributed by atoms with van der Waals surface area (Å²) in [6.07, 6.45) is -0.324. The molecule has 0 radical (unpaired) electrons. The predicted octanol–water partition coefficient (Wildman–Crippen LogP) is 2.52. The Hall–Kier alpha value is -3.15. The fourth-order valence-corrected chi connectivity index (χ4v) is 3.05. The van der Waals surface area contributed by atoms with Gasteiger partial charge < -0.3 is 14.2 Å². The number of ether oxygens (including phenoxy) is 1. The summed E-state index contributed by atoms with van der Waals surface area (Å²) in [7, 11) is 0. The summed E-state index contributed by atoms with van der Waals surface area (Å²) in [6.45, 7) is 1.79. The molecule has 0 bridgehead atoms. The SMILES string of the molecule is O=C1OCCN1CCn1c(=O)c(-c2ccccc2)nc2ccccc21. The molecule has 2 aromatic carbocycles. The lowest BCUT2D eigenvalue weighted by Gasteiger charge is -2.16. The third-order valence-electron chi connectivity index (χ3n) is 4.34. The first-order valence-corrected chi connectivity index (χ1v) is 8.21. The standard InChI is InChI=1S/C19H17N3O3/c23-18-17(14-6-2-1-3-7-14)20-15-8-4-5-9-16(15)22(18)11-10-21-12-13-25-19(21)24/h1-9H,10-13H2. The summed E-state index contributed by atoms with van der Waals surface area (Å²) in [5, 5.41) is 0. The number of hydrogen-bond acceptors (Lipinski definition) is 4. The summed E-state index contributed by atoms with van der Waals surface area (Å²) in [5.74, 6) is 0. The summed E-state index contributed by atoms with van der Waals surface area (Å²) in [4.78, 5) is 30.8. The Morgan fingerprint density at radius 3 is 2.48 bits per heavy atom. The number of rotatable bonds is 4. The van der Waals surface area contributed by atoms with Gasteiger partial charge in [-0.15, -0.1) is 0 Å². The highest BCUT2D eigenvalue weighted by Crippen LogP contribution is 2.17. The molecular formula is C19H17N3O3. The van der Waals surface area contributed by atoms with E-state index in [-0.39, 0.29) is 11.7 Å². The molecule has 25 heavy (non-hydrogen) atoms. The molecule has 0 atom stereocenters. The minimum atomic E-state index is -0.324. The summed E-state index contributed by atoms with van der Waals surface area (Å²) < 4.78 is 6.64. The quantitative estimate of drug-likeness (QED) is 0.735. The average molecular weight is 335 g/mol. The summed E-state index contributed by atoms with van der Waals surface area (Å²) in [5.41, 5.74) is 2.57. The zero-order valence-electron chi connectivity index (χ0n) is 13.6. The van der Waals surface area contributed by atoms with Gasteiger partial charge in [-0.05, 0) is 12.1 Å². The molecule has 2 heterocycles. The molecule has 126 valence electrons. The molecule has 0 saturated carbocycles. The minimum Gasteiger partial charge on any atom is -0.448 e. The minimum absolute atomic E-state index is 0.155. The van der Waals surface area contributed by atoms with Gasteiger partial charge in [0.25, 0.3) is 5.56 Å². The van der Waals surface area contributed by atoms with Crippen LogP contribution in [0.15, 0.2) is 59.4 Å². The molecule has 1 aromatic heterocycles. The Morgan fingerprint density at radius 2 is 1.72 bits per heavy atom. The van der Waals surface area contributed by atoms with Crippen LogP contribution in [0.25, 0.3) is 22.3 Å². The van der Waals surface area contributed by atoms with Crippen molar-refractivity contribution in [1.82, 2.24) is 14.5 Å². The summed E-state index contributed by atoms with van der Waals surface area (Å²) in [6, 6.07) is 17.0. The lowest BCUT2D eigenvalue weighted by molar-refractivity contribution is 0.157. The number of nitrogens with zero attached hydrogens (tertiary/aromatic N) is 3. The normalized spacial score (nSPS) is 14.1. The third-order valence-corrected chi connectivity index (χ3v) is 4.34. The van der Waals surface area contributed by atoms with E-state index in [1.807, 2.05) is 54.6 Å². The number of hydrogen-bond donors (Lipinski definition) is 0. The van der Waals surface area contributed by atoms with Crippen molar-refractivity contribution in [2.75, 3.05) is 19.7 Å². The molecule has 0 spiro atoms. The van der Waals surface area contributed by atoms with Gasteiger partial charge in [-0.25, -0.2) is 9.78 Å². The highest BCUT2D eigenvalue weighted by molar-refractivity contribution is 5.77. The fourth-order valence-electron chi connectivity index (χ4n) is 3.05. The Balaban J connectivity index is 1.79. The average Bonchev–Trinajstić information content (AvgIpc) is 3.06. The van der Waals surface area contributed by atoms with Crippen LogP contribution in [0.4, 0.5) is 4.79 Å². The topological polar surface area (TPSA) is 64.4 Å². The van der Waals surface area contributed by atoms with Gasteiger partial charge in [-0.1, -0.05) is 42.5 Å². The van der Waals surface area contributed by atoms with Crippen molar-refractivity contribution >= 4 is 17.1 Å². The van der Waals surface area contributed by atoms with E-state index in [0.717, 1.165) is 16.6 Å². The molecule has 0 aliphatic carbocycles. The van der Waals surface area contributed by atoms with E-state index < -0.39 is 0 Å². The van der Waals surface area contributed by atoms with Gasteiger partial charge in [-0.2, -0.15) is 0 Å². The van der Waals surface area contributed by atoms with Crippen LogP contribution < -0.4 is 5.56 Å². The van der Waals surface area contributed by atoms with Gasteiger partial charge in [0.05, 0.1) is 17.6 Å². The lowest BCUT2D eigenvalue weighted by Crippen LogP contribution is -2.32. The number of cyclic esters (lactones) is 1. The maximum absolute atomic E-state index is 13.0. The van der Waals surface area contributed by atoms with Gasteiger partial charge >= 0.3 is 6.09 Å². The van der Waals surface area contributed by atoms with Crippen LogP contribution in [0.5, 0.6) is 0 Å². The molecule has 1 aliphatic heterocycles. The van der Waals surface area contributed by atoms with E-state index in [1.165, 1.54) is 0 Å². The van der Waals surface area contributed by atoms with Gasteiger partial charge in [0.2, 0.25) is 0 Å². The van der Waals surface area contributed by atoms with Crippen LogP contribution in [0.2, 0.25) is 0 Å². The Labute approximate surface area is 144 Å². The van der Waals surface area contributed by atoms with E-state index in [0.29, 0.717) is 31.9 Å². The molecule has 0 unspecified atom stereocenters. The van der Waals surface area contributed by atoms with E-state index in [4.69, 9.17) is 4.74 Å². The van der Waals surface area contributed by atoms with Gasteiger partial charge in [0.1, 0.15) is 12.3 Å². The van der Waals surface area contributed by atoms with Crippen molar-refractivity contribution in [2.24, 2.45) is 0 Å². The van der Waals surface area contributed by atoms with Crippen molar-refractivity contribution in [3.63, 3.8) is 0 Å². The van der Waals surface area contributed by atoms with Crippen LogP contribution >= 0.6 is 0 Å². The number of para-hydroxylation sites is 2. The molecule has 1 aliphatic rings. The van der Waals surface area contributed by atoms with Crippen LogP contribution in [-0.2, 0) is 11.3 Å². The number of fused-ring (bicyclic) bond motifs is 1.